The number of nitriles is 1. The van der Waals surface area contributed by atoms with Crippen molar-refractivity contribution in [1.29, 1.82) is 5.26 Å². The number of rotatable bonds is 9. The molecule has 0 unspecified atom stereocenters. The van der Waals surface area contributed by atoms with E-state index < -0.39 is 5.91 Å². The Bertz CT molecular complexity index is 1390. The lowest BCUT2D eigenvalue weighted by molar-refractivity contribution is -0.121. The molecule has 2 heterocycles. The maximum absolute atomic E-state index is 12.8. The maximum atomic E-state index is 12.8. The third kappa shape index (κ3) is 5.78. The van der Waals surface area contributed by atoms with Gasteiger partial charge in [0.15, 0.2) is 0 Å². The van der Waals surface area contributed by atoms with Crippen molar-refractivity contribution in [3.05, 3.63) is 90.0 Å². The molecule has 0 atom stereocenters. The molecule has 2 aromatic heterocycles. The van der Waals surface area contributed by atoms with Crippen molar-refractivity contribution in [3.8, 4) is 11.8 Å². The van der Waals surface area contributed by atoms with Crippen LogP contribution in [0.1, 0.15) is 18.2 Å². The van der Waals surface area contributed by atoms with Crippen LogP contribution in [0.15, 0.2) is 83.1 Å². The van der Waals surface area contributed by atoms with Crippen LogP contribution in [0.5, 0.6) is 5.75 Å². The second-order valence-corrected chi connectivity index (χ2v) is 7.67. The number of ether oxygens (including phenoxy) is 1. The number of benzene rings is 2. The first-order chi connectivity index (χ1) is 17.1. The molecule has 4 rings (SSSR count). The summed E-state index contributed by atoms with van der Waals surface area (Å²) < 4.78 is 12.4. The lowest BCUT2D eigenvalue weighted by atomic mass is 10.1. The van der Waals surface area contributed by atoms with Crippen LogP contribution >= 0.6 is 0 Å². The number of nitrogens with one attached hydrogen (secondary N) is 2. The first-order valence-corrected chi connectivity index (χ1v) is 11.1. The molecule has 4 aromatic rings. The quantitative estimate of drug-likeness (QED) is 0.278. The number of anilines is 1. The molecule has 0 radical (unpaired) electrons. The van der Waals surface area contributed by atoms with Crippen LogP contribution in [0, 0.1) is 11.3 Å². The molecule has 0 saturated carbocycles. The van der Waals surface area contributed by atoms with Crippen LogP contribution in [-0.2, 0) is 22.7 Å². The number of fused-ring (bicyclic) bond motifs is 1. The molecule has 0 aliphatic heterocycles. The van der Waals surface area contributed by atoms with Crippen molar-refractivity contribution < 1.29 is 18.7 Å². The van der Waals surface area contributed by atoms with Gasteiger partial charge in [-0.1, -0.05) is 18.2 Å². The summed E-state index contributed by atoms with van der Waals surface area (Å²) >= 11 is 0. The number of hydrogen-bond acceptors (Lipinski definition) is 5. The number of aromatic nitrogens is 1. The van der Waals surface area contributed by atoms with Gasteiger partial charge in [-0.15, -0.1) is 0 Å². The fourth-order valence-electron chi connectivity index (χ4n) is 3.63. The molecule has 2 amide bonds. The minimum Gasteiger partial charge on any atom is -0.494 e. The Hall–Kier alpha value is -4.77. The number of carbonyl (C=O) groups excluding carboxylic acids is 2. The van der Waals surface area contributed by atoms with Crippen LogP contribution in [0.25, 0.3) is 17.0 Å². The minimum absolute atomic E-state index is 0.0518. The summed E-state index contributed by atoms with van der Waals surface area (Å²) in [6.07, 6.45) is 4.85. The van der Waals surface area contributed by atoms with E-state index in [0.717, 1.165) is 10.9 Å². The molecule has 176 valence electrons. The molecule has 35 heavy (non-hydrogen) atoms. The van der Waals surface area contributed by atoms with Crippen molar-refractivity contribution in [2.45, 2.75) is 20.0 Å². The van der Waals surface area contributed by atoms with Crippen molar-refractivity contribution in [1.82, 2.24) is 9.88 Å². The number of furan rings is 1. The predicted octanol–water partition coefficient (Wildman–Crippen LogP) is 4.50. The van der Waals surface area contributed by atoms with Crippen LogP contribution in [0.2, 0.25) is 0 Å². The highest BCUT2D eigenvalue weighted by Crippen LogP contribution is 2.24. The van der Waals surface area contributed by atoms with Gasteiger partial charge in [-0.25, -0.2) is 0 Å². The Balaban J connectivity index is 1.52. The van der Waals surface area contributed by atoms with Crippen molar-refractivity contribution in [3.63, 3.8) is 0 Å². The van der Waals surface area contributed by atoms with E-state index >= 15 is 0 Å². The first kappa shape index (κ1) is 23.4. The molecule has 0 fully saturated rings. The second-order valence-electron chi connectivity index (χ2n) is 7.67. The number of nitrogens with zero attached hydrogens (tertiary/aromatic N) is 2. The fourth-order valence-corrected chi connectivity index (χ4v) is 3.63. The molecule has 8 nitrogen and oxygen atoms in total. The number of para-hydroxylation sites is 1. The van der Waals surface area contributed by atoms with Gasteiger partial charge in [-0.2, -0.15) is 5.26 Å². The molecule has 0 aliphatic carbocycles. The normalized spacial score (nSPS) is 11.1. The third-order valence-electron chi connectivity index (χ3n) is 5.26. The number of carbonyl (C=O) groups is 2. The third-order valence-corrected chi connectivity index (χ3v) is 5.26. The number of hydrogen-bond donors (Lipinski definition) is 2. The maximum Gasteiger partial charge on any atom is 0.266 e. The lowest BCUT2D eigenvalue weighted by Crippen LogP contribution is -2.26. The van der Waals surface area contributed by atoms with E-state index in [9.17, 15) is 14.9 Å². The SMILES string of the molecule is CCOc1ccc(NC(=O)C(C#N)=Cc2cn(CC(=O)NCc3ccco3)c3ccccc23)cc1. The zero-order valence-electron chi connectivity index (χ0n) is 19.2. The van der Waals surface area contributed by atoms with Gasteiger partial charge >= 0.3 is 0 Å². The minimum atomic E-state index is -0.523. The van der Waals surface area contributed by atoms with E-state index in [2.05, 4.69) is 10.6 Å². The van der Waals surface area contributed by atoms with E-state index in [1.807, 2.05) is 37.3 Å². The van der Waals surface area contributed by atoms with Crippen LogP contribution < -0.4 is 15.4 Å². The smallest absolute Gasteiger partial charge is 0.266 e. The molecule has 0 aliphatic rings. The summed E-state index contributed by atoms with van der Waals surface area (Å²) in [5.74, 6) is 0.648. The van der Waals surface area contributed by atoms with Crippen LogP contribution in [0.4, 0.5) is 5.69 Å². The van der Waals surface area contributed by atoms with E-state index in [-0.39, 0.29) is 18.0 Å². The standard InChI is InChI=1S/C27H24N4O4/c1-2-34-22-11-9-21(10-12-22)30-27(33)19(15-28)14-20-17-31(25-8-4-3-7-24(20)25)18-26(32)29-16-23-6-5-13-35-23/h3-14,17H,2,16,18H2,1H3,(H,29,32)(H,30,33). The van der Waals surface area contributed by atoms with E-state index in [0.29, 0.717) is 35.9 Å². The second kappa shape index (κ2) is 10.9. The predicted molar refractivity (Wildman–Crippen MR) is 132 cm³/mol. The molecular weight excluding hydrogens is 444 g/mol. The molecule has 2 N–H and O–H groups in total. The van der Waals surface area contributed by atoms with Crippen molar-refractivity contribution >= 4 is 34.5 Å². The zero-order chi connectivity index (χ0) is 24.6. The van der Waals surface area contributed by atoms with E-state index in [1.165, 1.54) is 6.08 Å². The molecular formula is C27H24N4O4. The number of amides is 2. The van der Waals surface area contributed by atoms with Gasteiger partial charge in [0.1, 0.15) is 29.7 Å². The summed E-state index contributed by atoms with van der Waals surface area (Å²) in [7, 11) is 0. The molecule has 8 heteroatoms. The van der Waals surface area contributed by atoms with E-state index in [1.54, 1.807) is 53.4 Å². The molecule has 0 saturated heterocycles. The molecule has 0 spiro atoms. The van der Waals surface area contributed by atoms with Crippen molar-refractivity contribution in [2.75, 3.05) is 11.9 Å². The summed E-state index contributed by atoms with van der Waals surface area (Å²) in [6.45, 7) is 2.81. The Labute approximate surface area is 202 Å². The Kier molecular flexibility index (Phi) is 7.28. The monoisotopic (exact) mass is 468 g/mol. The average Bonchev–Trinajstić information content (AvgIpc) is 3.51. The largest absolute Gasteiger partial charge is 0.494 e. The molecule has 0 bridgehead atoms. The Morgan fingerprint density at radius 3 is 2.63 bits per heavy atom. The lowest BCUT2D eigenvalue weighted by Gasteiger charge is -2.06. The topological polar surface area (TPSA) is 109 Å². The van der Waals surface area contributed by atoms with Gasteiger partial charge in [-0.3, -0.25) is 9.59 Å². The Morgan fingerprint density at radius 1 is 1.11 bits per heavy atom. The summed E-state index contributed by atoms with van der Waals surface area (Å²) in [5.41, 5.74) is 1.98. The highest BCUT2D eigenvalue weighted by Gasteiger charge is 2.14. The van der Waals surface area contributed by atoms with Crippen molar-refractivity contribution in [2.24, 2.45) is 0 Å². The van der Waals surface area contributed by atoms with Gasteiger partial charge in [0, 0.05) is 28.4 Å². The summed E-state index contributed by atoms with van der Waals surface area (Å²) in [5, 5.41) is 16.0. The average molecular weight is 469 g/mol. The molecule has 2 aromatic carbocycles. The first-order valence-electron chi connectivity index (χ1n) is 11.1. The van der Waals surface area contributed by atoms with Crippen LogP contribution in [-0.4, -0.2) is 23.0 Å². The summed E-state index contributed by atoms with van der Waals surface area (Å²) in [4.78, 5) is 25.3. The highest BCUT2D eigenvalue weighted by molar-refractivity contribution is 6.10. The zero-order valence-corrected chi connectivity index (χ0v) is 19.2. The fraction of sp³-hybridized carbons (Fsp3) is 0.148. The van der Waals surface area contributed by atoms with Gasteiger partial charge < -0.3 is 24.4 Å². The highest BCUT2D eigenvalue weighted by atomic mass is 16.5. The van der Waals surface area contributed by atoms with Gasteiger partial charge in [0.05, 0.1) is 19.4 Å². The van der Waals surface area contributed by atoms with Gasteiger partial charge in [-0.05, 0) is 55.5 Å². The van der Waals surface area contributed by atoms with Gasteiger partial charge in [0.2, 0.25) is 5.91 Å². The van der Waals surface area contributed by atoms with E-state index in [4.69, 9.17) is 9.15 Å². The van der Waals surface area contributed by atoms with Crippen LogP contribution in [0.3, 0.4) is 0 Å². The van der Waals surface area contributed by atoms with Gasteiger partial charge in [0.25, 0.3) is 5.91 Å². The summed E-state index contributed by atoms with van der Waals surface area (Å²) in [6, 6.07) is 20.0. The Morgan fingerprint density at radius 2 is 1.91 bits per heavy atom.